The van der Waals surface area contributed by atoms with Crippen molar-refractivity contribution in [2.45, 2.75) is 354 Å². The van der Waals surface area contributed by atoms with Crippen molar-refractivity contribution in [3.8, 4) is 0 Å². The van der Waals surface area contributed by atoms with E-state index in [0.717, 1.165) is 180 Å². The molecule has 0 aromatic rings. The number of aliphatic hydroxyl groups excluding tert-OH is 3. The Morgan fingerprint density at radius 3 is 0.855 bits per heavy atom. The lowest BCUT2D eigenvalue weighted by Gasteiger charge is -2.35. The van der Waals surface area contributed by atoms with E-state index in [9.17, 15) is 34.8 Å². The highest BCUT2D eigenvalue weighted by Gasteiger charge is 2.41. The molecule has 0 aliphatic carbocycles. The number of ether oxygens (including phenoxy) is 2. The number of unbranched alkanes of at least 4 members (excludes halogenated alkanes) is 28. The summed E-state index contributed by atoms with van der Waals surface area (Å²) in [5, 5.41) is 41.6. The summed E-state index contributed by atoms with van der Waals surface area (Å²) in [4.78, 5) is 39.7. The number of aliphatic hydroxyl groups is 3. The highest BCUT2D eigenvalue weighted by Crippen LogP contribution is 2.33. The fraction of sp³-hybridized carbons (Fsp3) is 0.950. The van der Waals surface area contributed by atoms with Gasteiger partial charge in [0.05, 0.1) is 24.2 Å². The molecule has 7 unspecified atom stereocenters. The number of esters is 2. The van der Waals surface area contributed by atoms with Gasteiger partial charge in [-0.3, -0.25) is 14.4 Å². The molecule has 9 nitrogen and oxygen atoms in total. The van der Waals surface area contributed by atoms with Crippen LogP contribution in [0.4, 0.5) is 0 Å². The summed E-state index contributed by atoms with van der Waals surface area (Å²) in [6.45, 7) is 10.5. The molecule has 0 aliphatic heterocycles. The maximum absolute atomic E-state index is 13.3. The van der Waals surface area contributed by atoms with Crippen LogP contribution in [0, 0.1) is 11.8 Å². The van der Waals surface area contributed by atoms with Gasteiger partial charge in [0, 0.05) is 18.8 Å². The van der Waals surface area contributed by atoms with Crippen molar-refractivity contribution in [3.63, 3.8) is 0 Å². The van der Waals surface area contributed by atoms with Gasteiger partial charge in [0.25, 0.3) is 0 Å². The SMILES string of the molecule is CCCCCCC(O)CCCCCCCCCCC(=O)OC(CC)C(CCCCCCCCC(O)CCCCCC)C(C(=O)O)C(CC)OC(=O)CCCCCCCCCCC(O)CCCCCC. The average molecular weight is 982 g/mol. The van der Waals surface area contributed by atoms with Crippen molar-refractivity contribution in [3.05, 3.63) is 0 Å². The van der Waals surface area contributed by atoms with E-state index in [2.05, 4.69) is 20.8 Å². The van der Waals surface area contributed by atoms with Crippen molar-refractivity contribution in [1.82, 2.24) is 0 Å². The Bertz CT molecular complexity index is 1130. The number of hydrogen-bond donors (Lipinski definition) is 4. The molecule has 0 aromatic carbocycles. The second kappa shape index (κ2) is 49.9. The van der Waals surface area contributed by atoms with Crippen molar-refractivity contribution >= 4 is 17.9 Å². The molecule has 4 N–H and O–H groups in total. The van der Waals surface area contributed by atoms with Crippen LogP contribution < -0.4 is 0 Å². The minimum Gasteiger partial charge on any atom is -0.481 e. The largest absolute Gasteiger partial charge is 0.481 e. The molecular weight excluding hydrogens is 865 g/mol. The van der Waals surface area contributed by atoms with Gasteiger partial charge in [-0.2, -0.15) is 0 Å². The Morgan fingerprint density at radius 2 is 0.580 bits per heavy atom. The van der Waals surface area contributed by atoms with Crippen LogP contribution in [0.15, 0.2) is 0 Å². The molecule has 7 atom stereocenters. The fourth-order valence-corrected chi connectivity index (χ4v) is 10.3. The first-order chi connectivity index (χ1) is 33.5. The number of carboxylic acid groups (broad SMARTS) is 1. The summed E-state index contributed by atoms with van der Waals surface area (Å²) in [6.07, 6.45) is 42.9. The molecule has 0 saturated carbocycles. The van der Waals surface area contributed by atoms with E-state index >= 15 is 0 Å². The monoisotopic (exact) mass is 981 g/mol. The lowest BCUT2D eigenvalue weighted by Crippen LogP contribution is -2.43. The van der Waals surface area contributed by atoms with Gasteiger partial charge in [-0.1, -0.05) is 240 Å². The molecule has 0 amide bonds. The predicted octanol–water partition coefficient (Wildman–Crippen LogP) is 16.9. The summed E-state index contributed by atoms with van der Waals surface area (Å²) in [5.41, 5.74) is 0. The topological polar surface area (TPSA) is 151 Å². The molecule has 0 radical (unpaired) electrons. The molecule has 0 aromatic heterocycles. The van der Waals surface area contributed by atoms with Crippen LogP contribution in [0.1, 0.15) is 324 Å². The Hall–Kier alpha value is -1.71. The van der Waals surface area contributed by atoms with Crippen LogP contribution in [-0.2, 0) is 23.9 Å². The summed E-state index contributed by atoms with van der Waals surface area (Å²) in [6, 6.07) is 0. The minimum atomic E-state index is -0.998. The highest BCUT2D eigenvalue weighted by molar-refractivity contribution is 5.74. The minimum absolute atomic E-state index is 0.153. The molecular formula is C60H116O9. The van der Waals surface area contributed by atoms with Crippen LogP contribution in [-0.4, -0.2) is 68.9 Å². The van der Waals surface area contributed by atoms with E-state index in [1.54, 1.807) is 0 Å². The van der Waals surface area contributed by atoms with E-state index in [0.29, 0.717) is 25.7 Å². The molecule has 9 heteroatoms. The van der Waals surface area contributed by atoms with Gasteiger partial charge in [-0.25, -0.2) is 0 Å². The third-order valence-corrected chi connectivity index (χ3v) is 14.8. The van der Waals surface area contributed by atoms with Gasteiger partial charge in [0.1, 0.15) is 12.2 Å². The Kier molecular flexibility index (Phi) is 48.6. The third-order valence-electron chi connectivity index (χ3n) is 14.8. The second-order valence-corrected chi connectivity index (χ2v) is 21.3. The summed E-state index contributed by atoms with van der Waals surface area (Å²) in [5.74, 6) is -3.04. The number of aliphatic carboxylic acids is 1. The van der Waals surface area contributed by atoms with Gasteiger partial charge in [0.2, 0.25) is 0 Å². The number of carboxylic acids is 1. The number of carbonyl (C=O) groups excluding carboxylic acids is 2. The quantitative estimate of drug-likeness (QED) is 0.0345. The van der Waals surface area contributed by atoms with Crippen molar-refractivity contribution < 1.29 is 44.3 Å². The number of hydrogen-bond acceptors (Lipinski definition) is 8. The second-order valence-electron chi connectivity index (χ2n) is 21.3. The molecule has 0 heterocycles. The zero-order chi connectivity index (χ0) is 51.0. The molecule has 0 aliphatic rings. The van der Waals surface area contributed by atoms with Crippen molar-refractivity contribution in [2.75, 3.05) is 0 Å². The summed E-state index contributed by atoms with van der Waals surface area (Å²) < 4.78 is 12.2. The first-order valence-electron chi connectivity index (χ1n) is 30.2. The van der Waals surface area contributed by atoms with Crippen molar-refractivity contribution in [1.29, 1.82) is 0 Å². The Morgan fingerprint density at radius 1 is 0.333 bits per heavy atom. The first-order valence-corrected chi connectivity index (χ1v) is 30.2. The normalized spacial score (nSPS) is 14.8. The first kappa shape index (κ1) is 67.3. The highest BCUT2D eigenvalue weighted by atomic mass is 16.6. The van der Waals surface area contributed by atoms with E-state index in [1.807, 2.05) is 13.8 Å². The summed E-state index contributed by atoms with van der Waals surface area (Å²) >= 11 is 0. The lowest BCUT2D eigenvalue weighted by molar-refractivity contribution is -0.171. The molecule has 0 bridgehead atoms. The zero-order valence-electron chi connectivity index (χ0n) is 46.2. The number of carbonyl (C=O) groups is 3. The van der Waals surface area contributed by atoms with Gasteiger partial charge in [-0.05, 0) is 70.6 Å². The maximum Gasteiger partial charge on any atom is 0.310 e. The zero-order valence-corrected chi connectivity index (χ0v) is 46.2. The Balaban J connectivity index is 5.09. The van der Waals surface area contributed by atoms with Gasteiger partial charge in [0.15, 0.2) is 0 Å². The average Bonchev–Trinajstić information content (AvgIpc) is 3.33. The lowest BCUT2D eigenvalue weighted by atomic mass is 9.78. The van der Waals surface area contributed by atoms with E-state index < -0.39 is 30.0 Å². The van der Waals surface area contributed by atoms with Gasteiger partial charge in [-0.15, -0.1) is 0 Å². The molecule has 410 valence electrons. The summed E-state index contributed by atoms with van der Waals surface area (Å²) in [7, 11) is 0. The van der Waals surface area contributed by atoms with E-state index in [1.165, 1.54) is 77.0 Å². The van der Waals surface area contributed by atoms with E-state index in [-0.39, 0.29) is 36.7 Å². The van der Waals surface area contributed by atoms with E-state index in [4.69, 9.17) is 9.47 Å². The van der Waals surface area contributed by atoms with Crippen LogP contribution in [0.5, 0.6) is 0 Å². The standard InChI is InChI=1S/C60H116O9/c1-6-11-14-33-42-51(61)45-36-27-21-17-19-23-31-40-49-57(64)68-55(9-4)54(48-39-30-26-25-29-38-47-53(63)44-35-16-13-8-3)59(60(66)67)56(10-5)69-58(65)50-41-32-24-20-18-22-28-37-46-52(62)43-34-15-12-7-2/h51-56,59,61-63H,6-50H2,1-5H3,(H,66,67). The predicted molar refractivity (Wildman–Crippen MR) is 289 cm³/mol. The molecule has 0 rings (SSSR count). The molecule has 69 heavy (non-hydrogen) atoms. The molecule has 0 spiro atoms. The maximum atomic E-state index is 13.3. The number of rotatable bonds is 54. The third kappa shape index (κ3) is 41.5. The van der Waals surface area contributed by atoms with Crippen LogP contribution in [0.2, 0.25) is 0 Å². The smallest absolute Gasteiger partial charge is 0.310 e. The van der Waals surface area contributed by atoms with Gasteiger partial charge >= 0.3 is 17.9 Å². The van der Waals surface area contributed by atoms with Gasteiger partial charge < -0.3 is 29.9 Å². The van der Waals surface area contributed by atoms with Crippen LogP contribution in [0.3, 0.4) is 0 Å². The Labute approximate surface area is 426 Å². The van der Waals surface area contributed by atoms with Crippen LogP contribution >= 0.6 is 0 Å². The fourth-order valence-electron chi connectivity index (χ4n) is 10.3. The van der Waals surface area contributed by atoms with Crippen LogP contribution in [0.25, 0.3) is 0 Å². The molecule has 0 fully saturated rings. The molecule has 0 saturated heterocycles. The van der Waals surface area contributed by atoms with Crippen molar-refractivity contribution in [2.24, 2.45) is 11.8 Å².